The lowest BCUT2D eigenvalue weighted by molar-refractivity contribution is 0.956. The molecule has 1 aromatic carbocycles. The lowest BCUT2D eigenvalue weighted by Crippen LogP contribution is -2.12. The molecule has 0 N–H and O–H groups in total. The van der Waals surface area contributed by atoms with Gasteiger partial charge in [-0.15, -0.1) is 22.9 Å². The van der Waals surface area contributed by atoms with Crippen LogP contribution in [0.25, 0.3) is 10.6 Å². The maximum absolute atomic E-state index is 5.74. The molecule has 1 aromatic heterocycles. The summed E-state index contributed by atoms with van der Waals surface area (Å²) in [5, 5.41) is 3.21. The number of fused-ring (bicyclic) bond motifs is 1. The second-order valence-corrected chi connectivity index (χ2v) is 5.83. The van der Waals surface area contributed by atoms with E-state index in [0.29, 0.717) is 5.88 Å². The molecule has 0 fully saturated rings. The zero-order valence-electron chi connectivity index (χ0n) is 10.3. The maximum Gasteiger partial charge on any atom is 0.123 e. The molecular formula is C14H15ClN2S. The topological polar surface area (TPSA) is 16.1 Å². The molecule has 0 amide bonds. The molecule has 94 valence electrons. The van der Waals surface area contributed by atoms with E-state index in [-0.39, 0.29) is 0 Å². The van der Waals surface area contributed by atoms with Crippen molar-refractivity contribution in [3.63, 3.8) is 0 Å². The number of aryl methyl sites for hydroxylation is 1. The second kappa shape index (κ2) is 4.90. The number of anilines is 1. The van der Waals surface area contributed by atoms with Gasteiger partial charge in [-0.05, 0) is 30.2 Å². The Morgan fingerprint density at radius 2 is 2.33 bits per heavy atom. The maximum atomic E-state index is 5.74. The van der Waals surface area contributed by atoms with Gasteiger partial charge in [0.15, 0.2) is 0 Å². The van der Waals surface area contributed by atoms with Crippen LogP contribution in [0.1, 0.15) is 11.3 Å². The van der Waals surface area contributed by atoms with Gasteiger partial charge in [0.1, 0.15) is 5.01 Å². The number of hydrogen-bond acceptors (Lipinski definition) is 3. The molecule has 1 aliphatic heterocycles. The molecule has 0 aliphatic carbocycles. The quantitative estimate of drug-likeness (QED) is 0.798. The number of likely N-dealkylation sites (N-methyl/N-ethyl adjacent to an activating group) is 1. The van der Waals surface area contributed by atoms with Crippen molar-refractivity contribution in [1.29, 1.82) is 0 Å². The number of nitrogens with zero attached hydrogens (tertiary/aromatic N) is 2. The van der Waals surface area contributed by atoms with Gasteiger partial charge in [0.2, 0.25) is 0 Å². The molecule has 0 saturated heterocycles. The summed E-state index contributed by atoms with van der Waals surface area (Å²) in [5.74, 6) is 0.637. The fourth-order valence-corrected chi connectivity index (χ4v) is 3.40. The molecule has 0 atom stereocenters. The highest BCUT2D eigenvalue weighted by atomic mass is 35.5. The third kappa shape index (κ3) is 2.13. The lowest BCUT2D eigenvalue weighted by Gasteiger charge is -2.11. The normalized spacial score (nSPS) is 14.0. The van der Waals surface area contributed by atoms with Crippen LogP contribution in [0.15, 0.2) is 23.6 Å². The second-order valence-electron chi connectivity index (χ2n) is 4.60. The van der Waals surface area contributed by atoms with Crippen molar-refractivity contribution in [1.82, 2.24) is 4.98 Å². The summed E-state index contributed by atoms with van der Waals surface area (Å²) in [6.07, 6.45) is 1.99. The Morgan fingerprint density at radius 1 is 1.44 bits per heavy atom. The number of rotatable bonds is 3. The van der Waals surface area contributed by atoms with Gasteiger partial charge in [-0.25, -0.2) is 4.98 Å². The minimum atomic E-state index is 0.637. The predicted octanol–water partition coefficient (Wildman–Crippen LogP) is 3.58. The van der Waals surface area contributed by atoms with Crippen molar-refractivity contribution in [3.05, 3.63) is 34.8 Å². The number of aromatic nitrogens is 1. The summed E-state index contributed by atoms with van der Waals surface area (Å²) in [6.45, 7) is 1.12. The van der Waals surface area contributed by atoms with Gasteiger partial charge < -0.3 is 4.90 Å². The molecule has 0 spiro atoms. The van der Waals surface area contributed by atoms with Crippen molar-refractivity contribution in [2.75, 3.05) is 24.4 Å². The van der Waals surface area contributed by atoms with Crippen molar-refractivity contribution in [2.45, 2.75) is 12.8 Å². The van der Waals surface area contributed by atoms with Gasteiger partial charge in [0.05, 0.1) is 5.69 Å². The van der Waals surface area contributed by atoms with Crippen LogP contribution in [0, 0.1) is 0 Å². The van der Waals surface area contributed by atoms with Gasteiger partial charge in [0, 0.05) is 42.5 Å². The number of hydrogen-bond donors (Lipinski definition) is 0. The highest BCUT2D eigenvalue weighted by molar-refractivity contribution is 7.13. The van der Waals surface area contributed by atoms with E-state index in [1.54, 1.807) is 11.3 Å². The fraction of sp³-hybridized carbons (Fsp3) is 0.357. The standard InChI is InChI=1S/C14H15ClN2S/c1-17-7-5-10-8-11(2-3-13(10)17)14-16-12(4-6-15)9-18-14/h2-3,8-9H,4-7H2,1H3. The molecule has 18 heavy (non-hydrogen) atoms. The molecule has 4 heteroatoms. The third-order valence-electron chi connectivity index (χ3n) is 3.36. The molecule has 3 rings (SSSR count). The number of alkyl halides is 1. The van der Waals surface area contributed by atoms with Crippen LogP contribution < -0.4 is 4.90 Å². The zero-order valence-corrected chi connectivity index (χ0v) is 11.9. The van der Waals surface area contributed by atoms with Crippen molar-refractivity contribution < 1.29 is 0 Å². The summed E-state index contributed by atoms with van der Waals surface area (Å²) in [4.78, 5) is 6.94. The Morgan fingerprint density at radius 3 is 3.17 bits per heavy atom. The van der Waals surface area contributed by atoms with Crippen LogP contribution in [-0.4, -0.2) is 24.5 Å². The largest absolute Gasteiger partial charge is 0.374 e. The first kappa shape index (κ1) is 12.0. The molecule has 2 nitrogen and oxygen atoms in total. The first-order valence-electron chi connectivity index (χ1n) is 6.13. The van der Waals surface area contributed by atoms with Crippen molar-refractivity contribution >= 4 is 28.6 Å². The Labute approximate surface area is 116 Å². The molecule has 0 bridgehead atoms. The van der Waals surface area contributed by atoms with E-state index < -0.39 is 0 Å². The Kier molecular flexibility index (Phi) is 3.27. The van der Waals surface area contributed by atoms with E-state index in [4.69, 9.17) is 11.6 Å². The number of thiazole rings is 1. The highest BCUT2D eigenvalue weighted by Gasteiger charge is 2.16. The lowest BCUT2D eigenvalue weighted by atomic mass is 10.1. The van der Waals surface area contributed by atoms with Gasteiger partial charge in [-0.3, -0.25) is 0 Å². The summed E-state index contributed by atoms with van der Waals surface area (Å²) in [6, 6.07) is 6.66. The van der Waals surface area contributed by atoms with E-state index in [0.717, 1.165) is 30.1 Å². The van der Waals surface area contributed by atoms with Gasteiger partial charge in [-0.1, -0.05) is 0 Å². The van der Waals surface area contributed by atoms with E-state index in [2.05, 4.69) is 40.5 Å². The molecule has 0 saturated carbocycles. The van der Waals surface area contributed by atoms with Gasteiger partial charge >= 0.3 is 0 Å². The summed E-state index contributed by atoms with van der Waals surface area (Å²) in [5.41, 5.74) is 5.12. The Bertz CT molecular complexity index is 565. The van der Waals surface area contributed by atoms with Crippen molar-refractivity contribution in [2.24, 2.45) is 0 Å². The van der Waals surface area contributed by atoms with Crippen LogP contribution >= 0.6 is 22.9 Å². The average molecular weight is 279 g/mol. The predicted molar refractivity (Wildman–Crippen MR) is 78.9 cm³/mol. The summed E-state index contributed by atoms with van der Waals surface area (Å²) in [7, 11) is 2.15. The Balaban J connectivity index is 1.92. The first-order chi connectivity index (χ1) is 8.78. The van der Waals surface area contributed by atoms with Crippen LogP contribution in [0.5, 0.6) is 0 Å². The SMILES string of the molecule is CN1CCc2cc(-c3nc(CCCl)cs3)ccc21. The van der Waals surface area contributed by atoms with Crippen LogP contribution in [-0.2, 0) is 12.8 Å². The van der Waals surface area contributed by atoms with Crippen molar-refractivity contribution in [3.8, 4) is 10.6 Å². The van der Waals surface area contributed by atoms with E-state index in [1.807, 2.05) is 0 Å². The van der Waals surface area contributed by atoms with E-state index in [1.165, 1.54) is 16.8 Å². The van der Waals surface area contributed by atoms with E-state index in [9.17, 15) is 0 Å². The number of halogens is 1. The molecule has 2 heterocycles. The van der Waals surface area contributed by atoms with E-state index >= 15 is 0 Å². The molecule has 1 aliphatic rings. The zero-order chi connectivity index (χ0) is 12.5. The molecule has 2 aromatic rings. The minimum Gasteiger partial charge on any atom is -0.374 e. The number of benzene rings is 1. The molecule has 0 radical (unpaired) electrons. The van der Waals surface area contributed by atoms with Crippen LogP contribution in [0.4, 0.5) is 5.69 Å². The molecule has 0 unspecified atom stereocenters. The smallest absolute Gasteiger partial charge is 0.123 e. The van der Waals surface area contributed by atoms with Gasteiger partial charge in [0.25, 0.3) is 0 Å². The Hall–Kier alpha value is -1.06. The molecular weight excluding hydrogens is 264 g/mol. The van der Waals surface area contributed by atoms with Gasteiger partial charge in [-0.2, -0.15) is 0 Å². The highest BCUT2D eigenvalue weighted by Crippen LogP contribution is 2.32. The fourth-order valence-electron chi connectivity index (χ4n) is 2.35. The summed E-state index contributed by atoms with van der Waals surface area (Å²) < 4.78 is 0. The summed E-state index contributed by atoms with van der Waals surface area (Å²) >= 11 is 7.45. The van der Waals surface area contributed by atoms with Crippen LogP contribution in [0.3, 0.4) is 0 Å². The van der Waals surface area contributed by atoms with Crippen LogP contribution in [0.2, 0.25) is 0 Å². The average Bonchev–Trinajstić information content (AvgIpc) is 2.97. The monoisotopic (exact) mass is 278 g/mol. The third-order valence-corrected chi connectivity index (χ3v) is 4.49. The minimum absolute atomic E-state index is 0.637. The first-order valence-corrected chi connectivity index (χ1v) is 7.54.